The van der Waals surface area contributed by atoms with Crippen LogP contribution in [0, 0.1) is 29.6 Å². The number of nitrogens with zero attached hydrogens (tertiary/aromatic N) is 3. The maximum Gasteiger partial charge on any atom is 0.309 e. The molecule has 2 aromatic rings. The predicted molar refractivity (Wildman–Crippen MR) is 251 cm³/mol. The molecule has 2 heterocycles. The van der Waals surface area contributed by atoms with E-state index in [2.05, 4.69) is 32.2 Å². The largest absolute Gasteiger partial charge is 0.481 e. The molecule has 18 nitrogen and oxygen atoms in total. The van der Waals surface area contributed by atoms with Crippen LogP contribution in [0.5, 0.6) is 0 Å². The lowest BCUT2D eigenvalue weighted by Gasteiger charge is -2.39. The zero-order valence-electron chi connectivity index (χ0n) is 39.6. The molecule has 1 aromatic heterocycles. The number of carbonyl (C=O) groups excluding carboxylic acids is 6. The molecule has 0 unspecified atom stereocenters. The van der Waals surface area contributed by atoms with E-state index in [0.29, 0.717) is 31.4 Å². The number of amides is 5. The van der Waals surface area contributed by atoms with Crippen LogP contribution < -0.4 is 27.0 Å². The second-order valence-corrected chi connectivity index (χ2v) is 18.8. The van der Waals surface area contributed by atoms with Crippen molar-refractivity contribution in [1.29, 1.82) is 0 Å². The summed E-state index contributed by atoms with van der Waals surface area (Å²) in [5, 5.41) is 24.2. The summed E-state index contributed by atoms with van der Waals surface area (Å²) < 4.78 is 5.85. The number of thiazole rings is 1. The number of likely N-dealkylation sites (tertiary alicyclic amines) is 1. The van der Waals surface area contributed by atoms with Crippen molar-refractivity contribution >= 4 is 58.5 Å². The zero-order valence-corrected chi connectivity index (χ0v) is 40.5. The Balaban J connectivity index is 1.91. The van der Waals surface area contributed by atoms with Gasteiger partial charge in [-0.3, -0.25) is 43.3 Å². The van der Waals surface area contributed by atoms with Gasteiger partial charge in [0.05, 0.1) is 37.2 Å². The van der Waals surface area contributed by atoms with Gasteiger partial charge in [0.15, 0.2) is 6.10 Å². The van der Waals surface area contributed by atoms with E-state index in [4.69, 9.17) is 21.7 Å². The summed E-state index contributed by atoms with van der Waals surface area (Å²) in [4.78, 5) is 104. The molecule has 0 spiro atoms. The van der Waals surface area contributed by atoms with Crippen molar-refractivity contribution in [2.75, 3.05) is 38.6 Å². The third-order valence-electron chi connectivity index (χ3n) is 11.6. The lowest BCUT2D eigenvalue weighted by Crippen LogP contribution is -2.58. The first-order chi connectivity index (χ1) is 31.2. The maximum atomic E-state index is 14.8. The minimum Gasteiger partial charge on any atom is -0.481 e. The average molecular weight is 939 g/mol. The highest BCUT2D eigenvalue weighted by Gasteiger charge is 2.40. The molecule has 0 saturated carbocycles. The number of piperidine rings is 1. The molecule has 3 rings (SSSR count). The smallest absolute Gasteiger partial charge is 0.309 e. The molecule has 66 heavy (non-hydrogen) atoms. The van der Waals surface area contributed by atoms with Crippen molar-refractivity contribution in [3.8, 4) is 12.3 Å². The van der Waals surface area contributed by atoms with E-state index in [0.717, 1.165) is 36.3 Å². The molecule has 1 aliphatic rings. The van der Waals surface area contributed by atoms with Gasteiger partial charge in [0.2, 0.25) is 17.7 Å². The van der Waals surface area contributed by atoms with E-state index >= 15 is 0 Å². The van der Waals surface area contributed by atoms with E-state index < -0.39 is 65.2 Å². The number of unbranched alkanes of at least 4 members (excludes halogenated alkanes) is 1. The Morgan fingerprint density at radius 1 is 1.08 bits per heavy atom. The number of terminal acetylenes is 1. The number of carboxylic acids is 1. The topological polar surface area (TPSA) is 252 Å². The summed E-state index contributed by atoms with van der Waals surface area (Å²) in [6.45, 7) is 12.4. The molecular formula is C47H70N8O10S. The maximum absolute atomic E-state index is 14.8. The lowest BCUT2D eigenvalue weighted by molar-refractivity contribution is -0.213. The van der Waals surface area contributed by atoms with Gasteiger partial charge in [0.1, 0.15) is 16.7 Å². The third-order valence-corrected chi connectivity index (χ3v) is 12.6. The first-order valence-corrected chi connectivity index (χ1v) is 23.5. The highest BCUT2D eigenvalue weighted by molar-refractivity contribution is 7.09. The monoisotopic (exact) mass is 938 g/mol. The fourth-order valence-corrected chi connectivity index (χ4v) is 8.37. The molecular weight excluding hydrogens is 869 g/mol. The molecule has 19 heteroatoms. The predicted octanol–water partition coefficient (Wildman–Crippen LogP) is 4.21. The number of carbonyl (C=O) groups is 7. The van der Waals surface area contributed by atoms with E-state index in [1.54, 1.807) is 38.1 Å². The van der Waals surface area contributed by atoms with E-state index in [1.165, 1.54) is 17.4 Å². The number of hydrogen-bond donors (Lipinski definition) is 6. The Hall–Kier alpha value is -5.42. The Morgan fingerprint density at radius 3 is 2.36 bits per heavy atom. The number of rotatable bonds is 26. The Kier molecular flexibility index (Phi) is 22.2. The molecule has 6 atom stereocenters. The molecule has 0 radical (unpaired) electrons. The summed E-state index contributed by atoms with van der Waals surface area (Å²) >= 11 is 1.09. The molecule has 5 amide bonds. The lowest BCUT2D eigenvalue weighted by atomic mass is 9.84. The van der Waals surface area contributed by atoms with Crippen molar-refractivity contribution < 1.29 is 48.2 Å². The van der Waals surface area contributed by atoms with Crippen LogP contribution in [0.1, 0.15) is 127 Å². The third kappa shape index (κ3) is 17.1. The van der Waals surface area contributed by atoms with Gasteiger partial charge in [-0.25, -0.2) is 10.0 Å². The second-order valence-electron chi connectivity index (χ2n) is 17.9. The summed E-state index contributed by atoms with van der Waals surface area (Å²) in [6, 6.07) is 4.10. The number of aliphatic carboxylic acids is 1. The SMILES string of the molecule is C#CCCCON(C(=O)[C@@H](NC(=O)[C@H]1CCCCN1C)[C@@H](C)CC)[C@H](C[C@@H](OC(C)=O)c1nc(C(=O)N[C@@H](Cc2ccc(NC(=O)CNC(=O)CN)cc2)CC(C)(C)C(=O)O)cs1)C(C)C. The summed E-state index contributed by atoms with van der Waals surface area (Å²) in [5.41, 5.74) is 5.25. The molecule has 364 valence electrons. The number of carboxylic acid groups (broad SMARTS) is 1. The van der Waals surface area contributed by atoms with Gasteiger partial charge in [-0.2, -0.15) is 0 Å². The molecule has 0 aliphatic carbocycles. The number of esters is 1. The van der Waals surface area contributed by atoms with Gasteiger partial charge < -0.3 is 36.8 Å². The first-order valence-electron chi connectivity index (χ1n) is 22.6. The minimum atomic E-state index is -1.23. The fraction of sp³-hybridized carbons (Fsp3) is 0.617. The molecule has 7 N–H and O–H groups in total. The minimum absolute atomic E-state index is 0.0110. The Bertz CT molecular complexity index is 2000. The van der Waals surface area contributed by atoms with E-state index in [9.17, 15) is 38.7 Å². The number of aromatic nitrogens is 1. The van der Waals surface area contributed by atoms with Crippen molar-refractivity contribution in [1.82, 2.24) is 30.9 Å². The summed E-state index contributed by atoms with van der Waals surface area (Å²) in [7, 11) is 1.91. The van der Waals surface area contributed by atoms with E-state index in [1.807, 2.05) is 39.6 Å². The van der Waals surface area contributed by atoms with Gasteiger partial charge in [-0.1, -0.05) is 52.7 Å². The number of nitrogens with one attached hydrogen (secondary N) is 4. The Labute approximate surface area is 392 Å². The summed E-state index contributed by atoms with van der Waals surface area (Å²) in [5.74, 6) is -1.77. The van der Waals surface area contributed by atoms with Gasteiger partial charge in [0.25, 0.3) is 11.8 Å². The van der Waals surface area contributed by atoms with Gasteiger partial charge in [0, 0.05) is 36.9 Å². The van der Waals surface area contributed by atoms with Crippen molar-refractivity contribution in [2.45, 2.75) is 137 Å². The number of hydroxylamine groups is 2. The molecule has 1 aliphatic heterocycles. The standard InChI is InChI=1S/C47H70N8O10S/c1-10-12-15-22-64-55(45(61)41(30(5)11-2)53-43(60)36-16-13-14-21-54(36)9)37(29(3)4)24-38(65-31(6)56)44-52-35(28-66-44)42(59)51-34(25-47(7,8)46(62)63)23-32-17-19-33(20-18-32)50-40(58)27-49-39(57)26-48/h1,17-20,28-30,34,36-38,41H,11-16,21-27,48H2,2-9H3,(H,49,57)(H,50,58)(H,51,59)(H,53,60)(H,62,63)/t30-,34-,36+,37+,38+,41-/m0/s1. The van der Waals surface area contributed by atoms with Crippen molar-refractivity contribution in [3.05, 3.63) is 45.9 Å². The van der Waals surface area contributed by atoms with Crippen LogP contribution in [0.15, 0.2) is 29.6 Å². The van der Waals surface area contributed by atoms with Crippen molar-refractivity contribution in [3.63, 3.8) is 0 Å². The first kappa shape index (κ1) is 54.9. The van der Waals surface area contributed by atoms with Crippen LogP contribution in [0.2, 0.25) is 0 Å². The summed E-state index contributed by atoms with van der Waals surface area (Å²) in [6.07, 6.45) is 8.87. The second kappa shape index (κ2) is 26.7. The quantitative estimate of drug-likeness (QED) is 0.0335. The molecule has 1 saturated heterocycles. The van der Waals surface area contributed by atoms with Gasteiger partial charge in [-0.05, 0) is 89.1 Å². The van der Waals surface area contributed by atoms with Crippen LogP contribution in [0.3, 0.4) is 0 Å². The Morgan fingerprint density at radius 2 is 1.77 bits per heavy atom. The number of nitrogens with two attached hydrogens (primary N) is 1. The number of anilines is 1. The highest BCUT2D eigenvalue weighted by atomic mass is 32.1. The van der Waals surface area contributed by atoms with Crippen LogP contribution in [-0.2, 0) is 44.8 Å². The zero-order chi connectivity index (χ0) is 49.1. The van der Waals surface area contributed by atoms with Gasteiger partial charge in [-0.15, -0.1) is 23.7 Å². The van der Waals surface area contributed by atoms with Crippen molar-refractivity contribution in [2.24, 2.45) is 23.0 Å². The number of likely N-dealkylation sites (N-methyl/N-ethyl adjacent to an activating group) is 1. The molecule has 0 bridgehead atoms. The van der Waals surface area contributed by atoms with Crippen LogP contribution in [0.25, 0.3) is 0 Å². The normalized spacial score (nSPS) is 16.4. The molecule has 1 fully saturated rings. The number of benzene rings is 1. The van der Waals surface area contributed by atoms with Crippen LogP contribution in [0.4, 0.5) is 5.69 Å². The average Bonchev–Trinajstić information content (AvgIpc) is 3.77. The van der Waals surface area contributed by atoms with E-state index in [-0.39, 0.29) is 73.4 Å². The highest BCUT2D eigenvalue weighted by Crippen LogP contribution is 2.32. The van der Waals surface area contributed by atoms with Crippen LogP contribution >= 0.6 is 11.3 Å². The van der Waals surface area contributed by atoms with Crippen LogP contribution in [-0.4, -0.2) is 119 Å². The fourth-order valence-electron chi connectivity index (χ4n) is 7.54. The molecule has 1 aromatic carbocycles. The number of ether oxygens (including phenoxy) is 1. The number of hydrogen-bond acceptors (Lipinski definition) is 13. The van der Waals surface area contributed by atoms with Gasteiger partial charge >= 0.3 is 11.9 Å².